The number of aliphatic imine (C=N–C) groups is 1. The summed E-state index contributed by atoms with van der Waals surface area (Å²) in [6, 6.07) is 3.75. The largest absolute Gasteiger partial charge is 0.467 e. The molecule has 2 rings (SSSR count). The molecule has 1 fully saturated rings. The highest BCUT2D eigenvalue weighted by atomic mass is 127. The molecule has 6 heteroatoms. The van der Waals surface area contributed by atoms with Crippen molar-refractivity contribution in [2.45, 2.75) is 44.8 Å². The molecule has 0 spiro atoms. The molecule has 1 aliphatic rings. The lowest BCUT2D eigenvalue weighted by atomic mass is 10.0. The number of aliphatic hydroxyl groups is 1. The van der Waals surface area contributed by atoms with Gasteiger partial charge in [0.15, 0.2) is 5.96 Å². The molecule has 0 aliphatic heterocycles. The molecule has 0 radical (unpaired) electrons. The molecule has 1 aromatic heterocycles. The number of hydrogen-bond donors (Lipinski definition) is 3. The fourth-order valence-corrected chi connectivity index (χ4v) is 2.36. The Morgan fingerprint density at radius 1 is 1.40 bits per heavy atom. The first-order chi connectivity index (χ1) is 9.22. The molecular weight excluding hydrogens is 369 g/mol. The molecule has 3 N–H and O–H groups in total. The topological polar surface area (TPSA) is 69.8 Å². The van der Waals surface area contributed by atoms with E-state index in [1.807, 2.05) is 19.1 Å². The molecule has 1 aromatic rings. The summed E-state index contributed by atoms with van der Waals surface area (Å²) in [7, 11) is 0. The van der Waals surface area contributed by atoms with E-state index in [0.29, 0.717) is 13.1 Å². The summed E-state index contributed by atoms with van der Waals surface area (Å²) in [6.45, 7) is 3.87. The Morgan fingerprint density at radius 3 is 2.75 bits per heavy atom. The Hall–Kier alpha value is -0.760. The SMILES string of the molecule is CCNC(=NCc1ccco1)NCC1(O)CCCC1.I. The third-order valence-corrected chi connectivity index (χ3v) is 3.44. The number of nitrogens with zero attached hydrogens (tertiary/aromatic N) is 1. The van der Waals surface area contributed by atoms with Gasteiger partial charge in [0, 0.05) is 13.1 Å². The molecule has 0 amide bonds. The maximum Gasteiger partial charge on any atom is 0.191 e. The highest BCUT2D eigenvalue weighted by molar-refractivity contribution is 14.0. The van der Waals surface area contributed by atoms with Gasteiger partial charge in [0.1, 0.15) is 12.3 Å². The predicted octanol–water partition coefficient (Wildman–Crippen LogP) is 2.26. The molecule has 0 saturated heterocycles. The zero-order valence-corrected chi connectivity index (χ0v) is 14.2. The zero-order valence-electron chi connectivity index (χ0n) is 11.9. The summed E-state index contributed by atoms with van der Waals surface area (Å²) in [5.41, 5.74) is -0.569. The number of furan rings is 1. The van der Waals surface area contributed by atoms with Crippen LogP contribution in [0.5, 0.6) is 0 Å². The van der Waals surface area contributed by atoms with Crippen molar-refractivity contribution in [1.82, 2.24) is 10.6 Å². The van der Waals surface area contributed by atoms with Gasteiger partial charge in [-0.3, -0.25) is 0 Å². The molecule has 1 aliphatic carbocycles. The highest BCUT2D eigenvalue weighted by Crippen LogP contribution is 2.28. The maximum atomic E-state index is 10.3. The predicted molar refractivity (Wildman–Crippen MR) is 90.4 cm³/mol. The Bertz CT molecular complexity index is 401. The Kier molecular flexibility index (Phi) is 7.36. The van der Waals surface area contributed by atoms with E-state index in [2.05, 4.69) is 15.6 Å². The van der Waals surface area contributed by atoms with Crippen molar-refractivity contribution in [3.8, 4) is 0 Å². The molecule has 114 valence electrons. The fourth-order valence-electron chi connectivity index (χ4n) is 2.36. The minimum atomic E-state index is -0.569. The number of nitrogens with one attached hydrogen (secondary N) is 2. The lowest BCUT2D eigenvalue weighted by Gasteiger charge is -2.23. The van der Waals surface area contributed by atoms with E-state index in [4.69, 9.17) is 4.42 Å². The maximum absolute atomic E-state index is 10.3. The van der Waals surface area contributed by atoms with Gasteiger partial charge in [0.25, 0.3) is 0 Å². The monoisotopic (exact) mass is 393 g/mol. The molecule has 1 heterocycles. The fraction of sp³-hybridized carbons (Fsp3) is 0.643. The summed E-state index contributed by atoms with van der Waals surface area (Å²) < 4.78 is 5.25. The van der Waals surface area contributed by atoms with Gasteiger partial charge in [0.05, 0.1) is 11.9 Å². The van der Waals surface area contributed by atoms with E-state index in [1.165, 1.54) is 0 Å². The third kappa shape index (κ3) is 5.32. The molecule has 0 unspecified atom stereocenters. The number of hydrogen-bond acceptors (Lipinski definition) is 3. The van der Waals surface area contributed by atoms with Crippen LogP contribution in [0, 0.1) is 0 Å². The van der Waals surface area contributed by atoms with E-state index in [1.54, 1.807) is 6.26 Å². The van der Waals surface area contributed by atoms with Gasteiger partial charge in [-0.2, -0.15) is 0 Å². The Morgan fingerprint density at radius 2 is 2.15 bits per heavy atom. The molecular formula is C14H24IN3O2. The summed E-state index contributed by atoms with van der Waals surface area (Å²) >= 11 is 0. The van der Waals surface area contributed by atoms with Crippen LogP contribution in [0.1, 0.15) is 38.4 Å². The van der Waals surface area contributed by atoms with Crippen molar-refractivity contribution >= 4 is 29.9 Å². The van der Waals surface area contributed by atoms with Crippen LogP contribution < -0.4 is 10.6 Å². The standard InChI is InChI=1S/C14H23N3O2.HI/c1-2-15-13(16-10-12-6-5-9-19-12)17-11-14(18)7-3-4-8-14;/h5-6,9,18H,2-4,7-8,10-11H2,1H3,(H2,15,16,17);1H. The molecule has 1 saturated carbocycles. The van der Waals surface area contributed by atoms with Gasteiger partial charge in [-0.25, -0.2) is 4.99 Å². The van der Waals surface area contributed by atoms with E-state index in [0.717, 1.165) is 43.9 Å². The van der Waals surface area contributed by atoms with Gasteiger partial charge in [-0.05, 0) is 31.9 Å². The van der Waals surface area contributed by atoms with Gasteiger partial charge >= 0.3 is 0 Å². The highest BCUT2D eigenvalue weighted by Gasteiger charge is 2.30. The summed E-state index contributed by atoms with van der Waals surface area (Å²) in [4.78, 5) is 4.44. The van der Waals surface area contributed by atoms with Crippen LogP contribution in [0.15, 0.2) is 27.8 Å². The van der Waals surface area contributed by atoms with Crippen molar-refractivity contribution in [2.75, 3.05) is 13.1 Å². The Balaban J connectivity index is 0.00000200. The number of rotatable bonds is 5. The first-order valence-electron chi connectivity index (χ1n) is 6.99. The van der Waals surface area contributed by atoms with E-state index in [-0.39, 0.29) is 24.0 Å². The number of halogens is 1. The Labute approximate surface area is 137 Å². The van der Waals surface area contributed by atoms with Crippen LogP contribution in [0.25, 0.3) is 0 Å². The first kappa shape index (κ1) is 17.3. The lowest BCUT2D eigenvalue weighted by molar-refractivity contribution is 0.0522. The van der Waals surface area contributed by atoms with E-state index >= 15 is 0 Å². The average Bonchev–Trinajstić information content (AvgIpc) is 3.05. The summed E-state index contributed by atoms with van der Waals surface area (Å²) in [5, 5.41) is 16.7. The van der Waals surface area contributed by atoms with Crippen molar-refractivity contribution < 1.29 is 9.52 Å². The minimum absolute atomic E-state index is 0. The number of guanidine groups is 1. The van der Waals surface area contributed by atoms with E-state index in [9.17, 15) is 5.11 Å². The van der Waals surface area contributed by atoms with Crippen LogP contribution in [0.4, 0.5) is 0 Å². The average molecular weight is 393 g/mol. The normalized spacial score (nSPS) is 17.6. The summed E-state index contributed by atoms with van der Waals surface area (Å²) in [6.07, 6.45) is 5.61. The molecule has 20 heavy (non-hydrogen) atoms. The molecule has 0 bridgehead atoms. The van der Waals surface area contributed by atoms with Crippen LogP contribution >= 0.6 is 24.0 Å². The van der Waals surface area contributed by atoms with Crippen molar-refractivity contribution in [3.05, 3.63) is 24.2 Å². The van der Waals surface area contributed by atoms with Crippen LogP contribution in [-0.2, 0) is 6.54 Å². The molecule has 0 aromatic carbocycles. The van der Waals surface area contributed by atoms with Crippen LogP contribution in [0.3, 0.4) is 0 Å². The summed E-state index contributed by atoms with van der Waals surface area (Å²) in [5.74, 6) is 1.55. The van der Waals surface area contributed by atoms with Crippen LogP contribution in [0.2, 0.25) is 0 Å². The third-order valence-electron chi connectivity index (χ3n) is 3.44. The lowest BCUT2D eigenvalue weighted by Crippen LogP contribution is -2.46. The molecule has 0 atom stereocenters. The van der Waals surface area contributed by atoms with Gasteiger partial charge in [-0.15, -0.1) is 24.0 Å². The second-order valence-electron chi connectivity index (χ2n) is 5.06. The van der Waals surface area contributed by atoms with Crippen molar-refractivity contribution in [2.24, 2.45) is 4.99 Å². The van der Waals surface area contributed by atoms with Gasteiger partial charge < -0.3 is 20.2 Å². The van der Waals surface area contributed by atoms with Crippen molar-refractivity contribution in [3.63, 3.8) is 0 Å². The van der Waals surface area contributed by atoms with Crippen molar-refractivity contribution in [1.29, 1.82) is 0 Å². The second kappa shape index (κ2) is 8.51. The quantitative estimate of drug-likeness (QED) is 0.408. The van der Waals surface area contributed by atoms with Gasteiger partial charge in [-0.1, -0.05) is 12.8 Å². The zero-order chi connectivity index (χ0) is 13.6. The molecule has 5 nitrogen and oxygen atoms in total. The second-order valence-corrected chi connectivity index (χ2v) is 5.06. The van der Waals surface area contributed by atoms with Gasteiger partial charge in [0.2, 0.25) is 0 Å². The smallest absolute Gasteiger partial charge is 0.191 e. The van der Waals surface area contributed by atoms with E-state index < -0.39 is 5.60 Å². The van der Waals surface area contributed by atoms with Crippen LogP contribution in [-0.4, -0.2) is 29.8 Å². The minimum Gasteiger partial charge on any atom is -0.467 e. The first-order valence-corrected chi connectivity index (χ1v) is 6.99.